The fraction of sp³-hybridized carbons (Fsp3) is 0.316. The molecule has 0 spiro atoms. The highest BCUT2D eigenvalue weighted by Crippen LogP contribution is 2.24. The second kappa shape index (κ2) is 7.05. The number of benzene rings is 1. The summed E-state index contributed by atoms with van der Waals surface area (Å²) in [5, 5.41) is 9.54. The first-order valence-corrected chi connectivity index (χ1v) is 9.08. The van der Waals surface area contributed by atoms with E-state index in [2.05, 4.69) is 15.4 Å². The predicted molar refractivity (Wildman–Crippen MR) is 101 cm³/mol. The Labute approximate surface area is 156 Å². The zero-order valence-corrected chi connectivity index (χ0v) is 15.0. The maximum Gasteiger partial charge on any atom is 0.252 e. The first-order valence-electron chi connectivity index (χ1n) is 8.70. The van der Waals surface area contributed by atoms with Crippen molar-refractivity contribution in [1.29, 1.82) is 0 Å². The summed E-state index contributed by atoms with van der Waals surface area (Å²) in [6.45, 7) is 2.37. The van der Waals surface area contributed by atoms with Gasteiger partial charge in [-0.3, -0.25) is 14.5 Å². The third kappa shape index (κ3) is 3.30. The van der Waals surface area contributed by atoms with Gasteiger partial charge < -0.3 is 11.1 Å². The van der Waals surface area contributed by atoms with Crippen LogP contribution in [0.1, 0.15) is 28.0 Å². The standard InChI is InChI=1S/C19H20ClN5O/c20-15-7-13-2-1-4-23-18(13)14(8-15)10-22-9-12-3-5-25-17(6-12)16(11-24-25)19(21)26/h1-2,4,7-8,11-12,22H,3,5-6,9-10H2,(H2,21,26). The van der Waals surface area contributed by atoms with Gasteiger partial charge in [0, 0.05) is 29.7 Å². The van der Waals surface area contributed by atoms with E-state index in [0.717, 1.165) is 53.1 Å². The summed E-state index contributed by atoms with van der Waals surface area (Å²) in [7, 11) is 0. The number of primary amides is 1. The van der Waals surface area contributed by atoms with E-state index in [1.54, 1.807) is 12.4 Å². The van der Waals surface area contributed by atoms with E-state index >= 15 is 0 Å². The summed E-state index contributed by atoms with van der Waals surface area (Å²) in [6.07, 6.45) is 5.21. The van der Waals surface area contributed by atoms with Crippen LogP contribution in [0, 0.1) is 5.92 Å². The number of aryl methyl sites for hydroxylation is 1. The third-order valence-electron chi connectivity index (χ3n) is 4.94. The van der Waals surface area contributed by atoms with E-state index in [0.29, 0.717) is 18.0 Å². The van der Waals surface area contributed by atoms with E-state index < -0.39 is 5.91 Å². The highest BCUT2D eigenvalue weighted by molar-refractivity contribution is 6.31. The van der Waals surface area contributed by atoms with Gasteiger partial charge in [-0.25, -0.2) is 0 Å². The van der Waals surface area contributed by atoms with Crippen LogP contribution in [0.15, 0.2) is 36.7 Å². The first-order chi connectivity index (χ1) is 12.6. The molecule has 1 amide bonds. The monoisotopic (exact) mass is 369 g/mol. The van der Waals surface area contributed by atoms with Gasteiger partial charge in [-0.2, -0.15) is 5.10 Å². The van der Waals surface area contributed by atoms with Gasteiger partial charge in [0.2, 0.25) is 0 Å². The van der Waals surface area contributed by atoms with Gasteiger partial charge in [0.25, 0.3) is 5.91 Å². The van der Waals surface area contributed by atoms with Crippen molar-refractivity contribution in [2.24, 2.45) is 11.7 Å². The van der Waals surface area contributed by atoms with Crippen molar-refractivity contribution in [3.63, 3.8) is 0 Å². The van der Waals surface area contributed by atoms with Crippen LogP contribution in [-0.2, 0) is 19.5 Å². The van der Waals surface area contributed by atoms with Gasteiger partial charge in [0.15, 0.2) is 0 Å². The molecule has 3 N–H and O–H groups in total. The maximum atomic E-state index is 11.5. The van der Waals surface area contributed by atoms with Crippen LogP contribution in [-0.4, -0.2) is 27.2 Å². The fourth-order valence-corrected chi connectivity index (χ4v) is 3.90. The van der Waals surface area contributed by atoms with E-state index in [4.69, 9.17) is 17.3 Å². The van der Waals surface area contributed by atoms with Crippen LogP contribution in [0.5, 0.6) is 0 Å². The second-order valence-electron chi connectivity index (χ2n) is 6.72. The quantitative estimate of drug-likeness (QED) is 0.723. The lowest BCUT2D eigenvalue weighted by Crippen LogP contribution is -2.30. The SMILES string of the molecule is NC(=O)c1cnn2c1CC(CNCc1cc(Cl)cc3cccnc13)CC2. The number of fused-ring (bicyclic) bond motifs is 2. The summed E-state index contributed by atoms with van der Waals surface area (Å²) >= 11 is 6.23. The smallest absolute Gasteiger partial charge is 0.252 e. The van der Waals surface area contributed by atoms with Crippen LogP contribution in [0.4, 0.5) is 0 Å². The molecule has 1 unspecified atom stereocenters. The summed E-state index contributed by atoms with van der Waals surface area (Å²) in [4.78, 5) is 16.0. The highest BCUT2D eigenvalue weighted by Gasteiger charge is 2.24. The minimum Gasteiger partial charge on any atom is -0.365 e. The summed E-state index contributed by atoms with van der Waals surface area (Å²) in [6, 6.07) is 7.83. The molecule has 2 aromatic heterocycles. The van der Waals surface area contributed by atoms with E-state index in [9.17, 15) is 4.79 Å². The lowest BCUT2D eigenvalue weighted by molar-refractivity contribution is 0.0998. The fourth-order valence-electron chi connectivity index (χ4n) is 3.65. The molecule has 3 aromatic rings. The molecule has 1 aliphatic rings. The molecule has 0 saturated heterocycles. The molecule has 0 saturated carbocycles. The van der Waals surface area contributed by atoms with E-state index in [1.165, 1.54) is 0 Å². The molecular formula is C19H20ClN5O. The average Bonchev–Trinajstić information content (AvgIpc) is 3.05. The van der Waals surface area contributed by atoms with Crippen LogP contribution in [0.2, 0.25) is 5.02 Å². The minimum atomic E-state index is -0.406. The normalized spacial score (nSPS) is 16.6. The molecular weight excluding hydrogens is 350 g/mol. The molecule has 0 bridgehead atoms. The molecule has 3 heterocycles. The van der Waals surface area contributed by atoms with Gasteiger partial charge >= 0.3 is 0 Å². The van der Waals surface area contributed by atoms with E-state index in [-0.39, 0.29) is 0 Å². The zero-order valence-electron chi connectivity index (χ0n) is 14.3. The Balaban J connectivity index is 1.43. The van der Waals surface area contributed by atoms with Gasteiger partial charge in [-0.05, 0) is 49.1 Å². The minimum absolute atomic E-state index is 0.406. The molecule has 6 nitrogen and oxygen atoms in total. The maximum absolute atomic E-state index is 11.5. The second-order valence-corrected chi connectivity index (χ2v) is 7.16. The Hall–Kier alpha value is -2.44. The lowest BCUT2D eigenvalue weighted by Gasteiger charge is -2.24. The van der Waals surface area contributed by atoms with Crippen LogP contribution in [0.25, 0.3) is 10.9 Å². The van der Waals surface area contributed by atoms with Crippen molar-refractivity contribution in [3.05, 3.63) is 58.5 Å². The molecule has 1 aliphatic heterocycles. The molecule has 0 aliphatic carbocycles. The van der Waals surface area contributed by atoms with E-state index in [1.807, 2.05) is 28.9 Å². The number of amides is 1. The molecule has 1 atom stereocenters. The predicted octanol–water partition coefficient (Wildman–Crippen LogP) is 2.54. The van der Waals surface area contributed by atoms with Gasteiger partial charge in [0.05, 0.1) is 23.0 Å². The van der Waals surface area contributed by atoms with Gasteiger partial charge in [-0.1, -0.05) is 17.7 Å². The lowest BCUT2D eigenvalue weighted by atomic mass is 9.94. The Morgan fingerprint density at radius 3 is 3.15 bits per heavy atom. The van der Waals surface area contributed by atoms with Crippen molar-refractivity contribution in [1.82, 2.24) is 20.1 Å². The number of hydrogen-bond donors (Lipinski definition) is 2. The topological polar surface area (TPSA) is 85.8 Å². The Kier molecular flexibility index (Phi) is 4.61. The van der Waals surface area contributed by atoms with Gasteiger partial charge in [0.1, 0.15) is 0 Å². The Morgan fingerprint density at radius 2 is 2.31 bits per heavy atom. The summed E-state index contributed by atoms with van der Waals surface area (Å²) in [5.41, 5.74) is 9.00. The van der Waals surface area contributed by atoms with Crippen molar-refractivity contribution in [2.45, 2.75) is 25.9 Å². The third-order valence-corrected chi connectivity index (χ3v) is 5.16. The molecule has 26 heavy (non-hydrogen) atoms. The first kappa shape index (κ1) is 17.0. The summed E-state index contributed by atoms with van der Waals surface area (Å²) in [5.74, 6) is 0.0343. The molecule has 134 valence electrons. The highest BCUT2D eigenvalue weighted by atomic mass is 35.5. The number of aromatic nitrogens is 3. The number of halogens is 1. The Bertz CT molecular complexity index is 968. The van der Waals surface area contributed by atoms with Crippen molar-refractivity contribution < 1.29 is 4.79 Å². The number of carbonyl (C=O) groups excluding carboxylic acids is 1. The number of nitrogens with one attached hydrogen (secondary N) is 1. The number of rotatable bonds is 5. The molecule has 0 fully saturated rings. The molecule has 4 rings (SSSR count). The number of carbonyl (C=O) groups is 1. The van der Waals surface area contributed by atoms with Crippen molar-refractivity contribution >= 4 is 28.4 Å². The largest absolute Gasteiger partial charge is 0.365 e. The van der Waals surface area contributed by atoms with Crippen molar-refractivity contribution in [3.8, 4) is 0 Å². The average molecular weight is 370 g/mol. The van der Waals surface area contributed by atoms with Crippen LogP contribution < -0.4 is 11.1 Å². The number of nitrogens with two attached hydrogens (primary N) is 1. The molecule has 7 heteroatoms. The number of nitrogens with zero attached hydrogens (tertiary/aromatic N) is 3. The summed E-state index contributed by atoms with van der Waals surface area (Å²) < 4.78 is 1.89. The molecule has 0 radical (unpaired) electrons. The van der Waals surface area contributed by atoms with Crippen LogP contribution >= 0.6 is 11.6 Å². The van der Waals surface area contributed by atoms with Gasteiger partial charge in [-0.15, -0.1) is 0 Å². The molecule has 1 aromatic carbocycles. The zero-order chi connectivity index (χ0) is 18.1. The number of pyridine rings is 1. The number of hydrogen-bond acceptors (Lipinski definition) is 4. The Morgan fingerprint density at radius 1 is 1.42 bits per heavy atom. The van der Waals surface area contributed by atoms with Crippen molar-refractivity contribution in [2.75, 3.05) is 6.54 Å². The van der Waals surface area contributed by atoms with Crippen LogP contribution in [0.3, 0.4) is 0 Å².